The minimum Gasteiger partial charge on any atom is -0.504 e. The molecular formula is C16H14N2O2. The SMILES string of the molecule is Cc1nc(-c2ccc(O)c(O)c2)[nH]c1-c1ccccc1. The molecule has 0 spiro atoms. The number of rotatable bonds is 2. The highest BCUT2D eigenvalue weighted by atomic mass is 16.3. The van der Waals surface area contributed by atoms with E-state index in [2.05, 4.69) is 9.97 Å². The number of aromatic nitrogens is 2. The first-order valence-corrected chi connectivity index (χ1v) is 6.29. The molecule has 0 unspecified atom stereocenters. The molecule has 1 heterocycles. The normalized spacial score (nSPS) is 10.7. The van der Waals surface area contributed by atoms with Gasteiger partial charge in [-0.3, -0.25) is 0 Å². The third kappa shape index (κ3) is 2.12. The maximum atomic E-state index is 9.56. The van der Waals surface area contributed by atoms with E-state index in [0.29, 0.717) is 5.82 Å². The van der Waals surface area contributed by atoms with Crippen LogP contribution in [0.3, 0.4) is 0 Å². The Labute approximate surface area is 116 Å². The van der Waals surface area contributed by atoms with E-state index in [1.807, 2.05) is 37.3 Å². The quantitative estimate of drug-likeness (QED) is 0.622. The first kappa shape index (κ1) is 12.3. The summed E-state index contributed by atoms with van der Waals surface area (Å²) in [4.78, 5) is 7.74. The van der Waals surface area contributed by atoms with Gasteiger partial charge < -0.3 is 15.2 Å². The number of phenols is 2. The average Bonchev–Trinajstić information content (AvgIpc) is 2.85. The zero-order valence-electron chi connectivity index (χ0n) is 11.0. The van der Waals surface area contributed by atoms with Crippen LogP contribution in [0.2, 0.25) is 0 Å². The van der Waals surface area contributed by atoms with Gasteiger partial charge in [0.25, 0.3) is 0 Å². The van der Waals surface area contributed by atoms with Gasteiger partial charge in [0.2, 0.25) is 0 Å². The topological polar surface area (TPSA) is 69.1 Å². The van der Waals surface area contributed by atoms with Crippen LogP contribution in [0.25, 0.3) is 22.6 Å². The van der Waals surface area contributed by atoms with Crippen molar-refractivity contribution in [3.63, 3.8) is 0 Å². The van der Waals surface area contributed by atoms with Crippen molar-refractivity contribution < 1.29 is 10.2 Å². The van der Waals surface area contributed by atoms with E-state index in [9.17, 15) is 10.2 Å². The van der Waals surface area contributed by atoms with Gasteiger partial charge in [-0.15, -0.1) is 0 Å². The Bertz CT molecular complexity index is 748. The zero-order valence-corrected chi connectivity index (χ0v) is 11.0. The molecule has 0 bridgehead atoms. The number of hydrogen-bond acceptors (Lipinski definition) is 3. The minimum atomic E-state index is -0.155. The molecular weight excluding hydrogens is 252 g/mol. The molecule has 0 aliphatic carbocycles. The summed E-state index contributed by atoms with van der Waals surface area (Å²) in [5, 5.41) is 18.9. The average molecular weight is 266 g/mol. The highest BCUT2D eigenvalue weighted by molar-refractivity contribution is 5.68. The minimum absolute atomic E-state index is 0.139. The first-order chi connectivity index (χ1) is 9.65. The predicted molar refractivity (Wildman–Crippen MR) is 77.5 cm³/mol. The second-order valence-electron chi connectivity index (χ2n) is 4.62. The molecule has 3 rings (SSSR count). The lowest BCUT2D eigenvalue weighted by molar-refractivity contribution is 0.404. The number of aromatic hydroxyl groups is 2. The van der Waals surface area contributed by atoms with Crippen LogP contribution in [0.5, 0.6) is 11.5 Å². The number of benzene rings is 2. The summed E-state index contributed by atoms with van der Waals surface area (Å²) in [6.07, 6.45) is 0. The van der Waals surface area contributed by atoms with Gasteiger partial charge >= 0.3 is 0 Å². The lowest BCUT2D eigenvalue weighted by atomic mass is 10.1. The Morgan fingerprint density at radius 2 is 1.65 bits per heavy atom. The monoisotopic (exact) mass is 266 g/mol. The van der Waals surface area contributed by atoms with Crippen LogP contribution in [0.4, 0.5) is 0 Å². The molecule has 3 N–H and O–H groups in total. The van der Waals surface area contributed by atoms with Crippen LogP contribution >= 0.6 is 0 Å². The van der Waals surface area contributed by atoms with Crippen molar-refractivity contribution in [3.8, 4) is 34.1 Å². The number of aryl methyl sites for hydroxylation is 1. The fourth-order valence-electron chi connectivity index (χ4n) is 2.15. The highest BCUT2D eigenvalue weighted by Crippen LogP contribution is 2.31. The molecule has 0 radical (unpaired) electrons. The first-order valence-electron chi connectivity index (χ1n) is 6.29. The molecule has 0 fully saturated rings. The molecule has 3 aromatic rings. The van der Waals surface area contributed by atoms with Crippen LogP contribution in [-0.4, -0.2) is 20.2 Å². The molecule has 0 saturated heterocycles. The maximum Gasteiger partial charge on any atom is 0.158 e. The Balaban J connectivity index is 2.06. The van der Waals surface area contributed by atoms with E-state index in [1.165, 1.54) is 12.1 Å². The van der Waals surface area contributed by atoms with Gasteiger partial charge in [-0.1, -0.05) is 30.3 Å². The largest absolute Gasteiger partial charge is 0.504 e. The summed E-state index contributed by atoms with van der Waals surface area (Å²) in [5.74, 6) is 0.370. The van der Waals surface area contributed by atoms with Crippen molar-refractivity contribution in [2.24, 2.45) is 0 Å². The number of H-pyrrole nitrogens is 1. The van der Waals surface area contributed by atoms with Crippen molar-refractivity contribution in [1.29, 1.82) is 0 Å². The number of nitrogens with zero attached hydrogens (tertiary/aromatic N) is 1. The summed E-state index contributed by atoms with van der Waals surface area (Å²) in [7, 11) is 0. The maximum absolute atomic E-state index is 9.56. The summed E-state index contributed by atoms with van der Waals surface area (Å²) >= 11 is 0. The molecule has 1 aromatic heterocycles. The van der Waals surface area contributed by atoms with Crippen molar-refractivity contribution in [3.05, 3.63) is 54.2 Å². The molecule has 0 aliphatic rings. The van der Waals surface area contributed by atoms with Crippen LogP contribution in [0.1, 0.15) is 5.69 Å². The van der Waals surface area contributed by atoms with Crippen LogP contribution in [0.15, 0.2) is 48.5 Å². The standard InChI is InChI=1S/C16H14N2O2/c1-10-15(11-5-3-2-4-6-11)18-16(17-10)12-7-8-13(19)14(20)9-12/h2-9,19-20H,1H3,(H,17,18). The summed E-state index contributed by atoms with van der Waals surface area (Å²) in [6.45, 7) is 1.93. The zero-order chi connectivity index (χ0) is 14.1. The fraction of sp³-hybridized carbons (Fsp3) is 0.0625. The number of hydrogen-bond donors (Lipinski definition) is 3. The smallest absolute Gasteiger partial charge is 0.158 e. The third-order valence-electron chi connectivity index (χ3n) is 3.20. The molecule has 0 atom stereocenters. The summed E-state index contributed by atoms with van der Waals surface area (Å²) in [6, 6.07) is 14.6. The Hall–Kier alpha value is -2.75. The molecule has 0 aliphatic heterocycles. The lowest BCUT2D eigenvalue weighted by Crippen LogP contribution is -1.81. The predicted octanol–water partition coefficient (Wildman–Crippen LogP) is 3.46. The van der Waals surface area contributed by atoms with E-state index in [1.54, 1.807) is 6.07 Å². The van der Waals surface area contributed by atoms with Gasteiger partial charge in [0.05, 0.1) is 11.4 Å². The number of imidazole rings is 1. The molecule has 2 aromatic carbocycles. The fourth-order valence-corrected chi connectivity index (χ4v) is 2.15. The van der Waals surface area contributed by atoms with Crippen molar-refractivity contribution in [2.45, 2.75) is 6.92 Å². The lowest BCUT2D eigenvalue weighted by Gasteiger charge is -2.00. The van der Waals surface area contributed by atoms with E-state index >= 15 is 0 Å². The Morgan fingerprint density at radius 3 is 2.35 bits per heavy atom. The van der Waals surface area contributed by atoms with Crippen LogP contribution in [0, 0.1) is 6.92 Å². The van der Waals surface area contributed by atoms with E-state index in [0.717, 1.165) is 22.5 Å². The van der Waals surface area contributed by atoms with Crippen LogP contribution in [-0.2, 0) is 0 Å². The summed E-state index contributed by atoms with van der Waals surface area (Å²) < 4.78 is 0. The molecule has 0 amide bonds. The van der Waals surface area contributed by atoms with Crippen molar-refractivity contribution >= 4 is 0 Å². The van der Waals surface area contributed by atoms with Gasteiger partial charge in [-0.2, -0.15) is 0 Å². The van der Waals surface area contributed by atoms with E-state index in [-0.39, 0.29) is 11.5 Å². The van der Waals surface area contributed by atoms with Crippen molar-refractivity contribution in [2.75, 3.05) is 0 Å². The molecule has 100 valence electrons. The Kier molecular flexibility index (Phi) is 2.91. The second-order valence-corrected chi connectivity index (χ2v) is 4.62. The Morgan fingerprint density at radius 1 is 0.900 bits per heavy atom. The third-order valence-corrected chi connectivity index (χ3v) is 3.20. The molecule has 0 saturated carbocycles. The molecule has 4 heteroatoms. The van der Waals surface area contributed by atoms with Gasteiger partial charge in [0.1, 0.15) is 5.82 Å². The van der Waals surface area contributed by atoms with Crippen molar-refractivity contribution in [1.82, 2.24) is 9.97 Å². The van der Waals surface area contributed by atoms with Gasteiger partial charge in [-0.05, 0) is 30.7 Å². The van der Waals surface area contributed by atoms with E-state index in [4.69, 9.17) is 0 Å². The molecule has 20 heavy (non-hydrogen) atoms. The van der Waals surface area contributed by atoms with E-state index < -0.39 is 0 Å². The number of aromatic amines is 1. The van der Waals surface area contributed by atoms with Gasteiger partial charge in [0.15, 0.2) is 11.5 Å². The second kappa shape index (κ2) is 4.74. The van der Waals surface area contributed by atoms with Gasteiger partial charge in [0, 0.05) is 5.56 Å². The van der Waals surface area contributed by atoms with Gasteiger partial charge in [-0.25, -0.2) is 4.98 Å². The molecule has 4 nitrogen and oxygen atoms in total. The number of nitrogens with one attached hydrogen (secondary N) is 1. The number of phenolic OH excluding ortho intramolecular Hbond substituents is 2. The summed E-state index contributed by atoms with van der Waals surface area (Å²) in [5.41, 5.74) is 3.63. The highest BCUT2D eigenvalue weighted by Gasteiger charge is 2.11. The van der Waals surface area contributed by atoms with Crippen LogP contribution < -0.4 is 0 Å².